The molecule has 0 aliphatic heterocycles. The van der Waals surface area contributed by atoms with Gasteiger partial charge in [0.25, 0.3) is 0 Å². The second-order valence-electron chi connectivity index (χ2n) is 4.64. The zero-order valence-corrected chi connectivity index (χ0v) is 12.1. The van der Waals surface area contributed by atoms with E-state index in [9.17, 15) is 0 Å². The third-order valence-corrected chi connectivity index (χ3v) is 3.49. The maximum absolute atomic E-state index is 5.94. The third kappa shape index (κ3) is 2.94. The van der Waals surface area contributed by atoms with Gasteiger partial charge in [-0.05, 0) is 12.1 Å². The molecule has 0 atom stereocenters. The summed E-state index contributed by atoms with van der Waals surface area (Å²) in [5.41, 5.74) is 9.53. The fraction of sp³-hybridized carbons (Fsp3) is 0.0588. The summed E-state index contributed by atoms with van der Waals surface area (Å²) in [6.45, 7) is 0.396. The first-order valence-corrected chi connectivity index (χ1v) is 7.03. The van der Waals surface area contributed by atoms with Crippen molar-refractivity contribution >= 4 is 11.6 Å². The normalized spacial score (nSPS) is 10.6. The molecule has 0 radical (unpaired) electrons. The summed E-state index contributed by atoms with van der Waals surface area (Å²) in [4.78, 5) is 9.09. The van der Waals surface area contributed by atoms with E-state index >= 15 is 0 Å². The summed E-state index contributed by atoms with van der Waals surface area (Å²) in [6, 6.07) is 17.5. The number of rotatable bonds is 3. The topological polar surface area (TPSA) is 51.8 Å². The predicted molar refractivity (Wildman–Crippen MR) is 85.8 cm³/mol. The zero-order valence-electron chi connectivity index (χ0n) is 11.3. The molecule has 104 valence electrons. The van der Waals surface area contributed by atoms with Gasteiger partial charge < -0.3 is 5.73 Å². The summed E-state index contributed by atoms with van der Waals surface area (Å²) >= 11 is 5.94. The molecule has 2 aromatic carbocycles. The minimum atomic E-state index is 0.396. The first kappa shape index (κ1) is 13.7. The van der Waals surface area contributed by atoms with Crippen LogP contribution in [0.4, 0.5) is 0 Å². The van der Waals surface area contributed by atoms with Crippen molar-refractivity contribution in [3.05, 3.63) is 71.4 Å². The maximum atomic E-state index is 5.94. The predicted octanol–water partition coefficient (Wildman–Crippen LogP) is 3.92. The van der Waals surface area contributed by atoms with Crippen LogP contribution in [0.5, 0.6) is 0 Å². The molecule has 0 aliphatic rings. The molecule has 3 aromatic rings. The Hall–Kier alpha value is -2.23. The van der Waals surface area contributed by atoms with E-state index in [0.29, 0.717) is 17.4 Å². The summed E-state index contributed by atoms with van der Waals surface area (Å²) in [5, 5.41) is 0.699. The van der Waals surface area contributed by atoms with Crippen LogP contribution in [0, 0.1) is 0 Å². The molecule has 4 heteroatoms. The highest BCUT2D eigenvalue weighted by atomic mass is 35.5. The summed E-state index contributed by atoms with van der Waals surface area (Å²) in [5.74, 6) is 0.692. The highest BCUT2D eigenvalue weighted by Crippen LogP contribution is 2.25. The minimum Gasteiger partial charge on any atom is -0.326 e. The molecular weight excluding hydrogens is 282 g/mol. The van der Waals surface area contributed by atoms with Crippen molar-refractivity contribution < 1.29 is 0 Å². The number of hydrogen-bond acceptors (Lipinski definition) is 3. The molecule has 21 heavy (non-hydrogen) atoms. The Morgan fingerprint density at radius 1 is 0.905 bits per heavy atom. The first-order valence-electron chi connectivity index (χ1n) is 6.65. The van der Waals surface area contributed by atoms with Crippen LogP contribution in [0.1, 0.15) is 5.56 Å². The van der Waals surface area contributed by atoms with Crippen LogP contribution in [0.25, 0.3) is 22.6 Å². The molecule has 0 aliphatic carbocycles. The largest absolute Gasteiger partial charge is 0.326 e. The van der Waals surface area contributed by atoms with Crippen molar-refractivity contribution in [1.82, 2.24) is 9.97 Å². The maximum Gasteiger partial charge on any atom is 0.159 e. The molecule has 2 N–H and O–H groups in total. The molecule has 1 heterocycles. The summed E-state index contributed by atoms with van der Waals surface area (Å²) in [7, 11) is 0. The zero-order chi connectivity index (χ0) is 14.7. The smallest absolute Gasteiger partial charge is 0.159 e. The highest BCUT2D eigenvalue weighted by Gasteiger charge is 2.09. The fourth-order valence-corrected chi connectivity index (χ4v) is 2.27. The molecule has 0 saturated heterocycles. The van der Waals surface area contributed by atoms with E-state index in [0.717, 1.165) is 22.4 Å². The van der Waals surface area contributed by atoms with Gasteiger partial charge in [0.05, 0.1) is 5.69 Å². The van der Waals surface area contributed by atoms with Crippen molar-refractivity contribution in [2.75, 3.05) is 0 Å². The molecule has 0 fully saturated rings. The molecule has 1 aromatic heterocycles. The van der Waals surface area contributed by atoms with Crippen LogP contribution in [-0.2, 0) is 6.54 Å². The number of benzene rings is 2. The van der Waals surface area contributed by atoms with Crippen LogP contribution in [0.15, 0.2) is 60.8 Å². The molecule has 0 amide bonds. The number of nitrogens with zero attached hydrogens (tertiary/aromatic N) is 2. The lowest BCUT2D eigenvalue weighted by atomic mass is 10.1. The van der Waals surface area contributed by atoms with Gasteiger partial charge in [-0.25, -0.2) is 9.97 Å². The van der Waals surface area contributed by atoms with Gasteiger partial charge in [0.2, 0.25) is 0 Å². The Balaban J connectivity index is 2.12. The van der Waals surface area contributed by atoms with Crippen molar-refractivity contribution in [2.45, 2.75) is 6.54 Å². The number of halogens is 1. The first-order chi connectivity index (χ1) is 10.3. The van der Waals surface area contributed by atoms with E-state index in [1.54, 1.807) is 6.20 Å². The van der Waals surface area contributed by atoms with E-state index in [4.69, 9.17) is 17.3 Å². The molecule has 0 saturated carbocycles. The van der Waals surface area contributed by atoms with Gasteiger partial charge in [0.1, 0.15) is 0 Å². The van der Waals surface area contributed by atoms with Crippen molar-refractivity contribution in [3.63, 3.8) is 0 Å². The van der Waals surface area contributed by atoms with Crippen molar-refractivity contribution in [3.8, 4) is 22.6 Å². The summed E-state index contributed by atoms with van der Waals surface area (Å²) in [6.07, 6.45) is 1.79. The monoisotopic (exact) mass is 295 g/mol. The average molecular weight is 296 g/mol. The molecule has 0 bridgehead atoms. The highest BCUT2D eigenvalue weighted by molar-refractivity contribution is 6.30. The van der Waals surface area contributed by atoms with Gasteiger partial charge in [0.15, 0.2) is 5.82 Å². The molecular formula is C17H14ClN3. The Kier molecular flexibility index (Phi) is 3.95. The second kappa shape index (κ2) is 6.04. The standard InChI is InChI=1S/C17H14ClN3/c18-15-8-6-12(7-9-15)16-14(10-19)11-20-17(21-16)13-4-2-1-3-5-13/h1-9,11H,10,19H2. The Labute approximate surface area is 128 Å². The fourth-order valence-electron chi connectivity index (χ4n) is 2.14. The molecule has 0 spiro atoms. The van der Waals surface area contributed by atoms with Gasteiger partial charge in [-0.15, -0.1) is 0 Å². The van der Waals surface area contributed by atoms with Crippen LogP contribution in [0.2, 0.25) is 5.02 Å². The van der Waals surface area contributed by atoms with E-state index in [1.807, 2.05) is 54.6 Å². The Morgan fingerprint density at radius 2 is 1.62 bits per heavy atom. The summed E-state index contributed by atoms with van der Waals surface area (Å²) < 4.78 is 0. The van der Waals surface area contributed by atoms with E-state index in [-0.39, 0.29) is 0 Å². The van der Waals surface area contributed by atoms with Crippen LogP contribution in [0.3, 0.4) is 0 Å². The number of hydrogen-bond donors (Lipinski definition) is 1. The number of nitrogens with two attached hydrogens (primary N) is 1. The van der Waals surface area contributed by atoms with Crippen LogP contribution in [-0.4, -0.2) is 9.97 Å². The van der Waals surface area contributed by atoms with Gasteiger partial charge in [-0.2, -0.15) is 0 Å². The third-order valence-electron chi connectivity index (χ3n) is 3.23. The van der Waals surface area contributed by atoms with Gasteiger partial charge in [-0.1, -0.05) is 54.1 Å². The van der Waals surface area contributed by atoms with E-state index in [1.165, 1.54) is 0 Å². The van der Waals surface area contributed by atoms with Crippen molar-refractivity contribution in [2.24, 2.45) is 5.73 Å². The number of aromatic nitrogens is 2. The quantitative estimate of drug-likeness (QED) is 0.796. The lowest BCUT2D eigenvalue weighted by Crippen LogP contribution is -2.03. The van der Waals surface area contributed by atoms with E-state index in [2.05, 4.69) is 9.97 Å². The Bertz CT molecular complexity index is 740. The van der Waals surface area contributed by atoms with E-state index < -0.39 is 0 Å². The average Bonchev–Trinajstić information content (AvgIpc) is 2.56. The van der Waals surface area contributed by atoms with Gasteiger partial charge in [0, 0.05) is 34.5 Å². The lowest BCUT2D eigenvalue weighted by molar-refractivity contribution is 1.02. The van der Waals surface area contributed by atoms with Crippen LogP contribution < -0.4 is 5.73 Å². The minimum absolute atomic E-state index is 0.396. The van der Waals surface area contributed by atoms with Crippen LogP contribution >= 0.6 is 11.6 Å². The molecule has 3 rings (SSSR count). The van der Waals surface area contributed by atoms with Gasteiger partial charge >= 0.3 is 0 Å². The second-order valence-corrected chi connectivity index (χ2v) is 5.08. The Morgan fingerprint density at radius 3 is 2.29 bits per heavy atom. The van der Waals surface area contributed by atoms with Crippen molar-refractivity contribution in [1.29, 1.82) is 0 Å². The molecule has 0 unspecified atom stereocenters. The lowest BCUT2D eigenvalue weighted by Gasteiger charge is -2.09. The van der Waals surface area contributed by atoms with Gasteiger partial charge in [-0.3, -0.25) is 0 Å². The molecule has 3 nitrogen and oxygen atoms in total. The SMILES string of the molecule is NCc1cnc(-c2ccccc2)nc1-c1ccc(Cl)cc1.